The van der Waals surface area contributed by atoms with E-state index in [9.17, 15) is 0 Å². The van der Waals surface area contributed by atoms with Gasteiger partial charge in [0.2, 0.25) is 0 Å². The largest absolute Gasteiger partial charge is 0.454 e. The van der Waals surface area contributed by atoms with E-state index in [2.05, 4.69) is 20.9 Å². The molecule has 18 heavy (non-hydrogen) atoms. The molecule has 0 aliphatic carbocycles. The predicted molar refractivity (Wildman–Crippen MR) is 76.2 cm³/mol. The van der Waals surface area contributed by atoms with Crippen LogP contribution >= 0.6 is 27.5 Å². The van der Waals surface area contributed by atoms with E-state index in [1.165, 1.54) is 0 Å². The summed E-state index contributed by atoms with van der Waals surface area (Å²) in [6, 6.07) is 7.38. The van der Waals surface area contributed by atoms with Gasteiger partial charge in [-0.3, -0.25) is 4.98 Å². The number of halogens is 2. The Morgan fingerprint density at radius 3 is 2.83 bits per heavy atom. The molecule has 0 atom stereocenters. The third kappa shape index (κ3) is 3.45. The third-order valence-electron chi connectivity index (χ3n) is 2.32. The van der Waals surface area contributed by atoms with Gasteiger partial charge in [0.15, 0.2) is 0 Å². The molecular weight excluding hydrogens is 316 g/mol. The van der Waals surface area contributed by atoms with Crippen LogP contribution in [0.1, 0.15) is 5.56 Å². The molecule has 2 aromatic rings. The molecule has 3 nitrogen and oxygen atoms in total. The minimum atomic E-state index is 0.550. The molecule has 2 rings (SSSR count). The van der Waals surface area contributed by atoms with Crippen molar-refractivity contribution in [3.05, 3.63) is 51.7 Å². The Kier molecular flexibility index (Phi) is 4.58. The van der Waals surface area contributed by atoms with E-state index in [4.69, 9.17) is 22.1 Å². The SMILES string of the molecule is NCCc1cncc(Oc2ccc(Br)cc2Cl)c1. The van der Waals surface area contributed by atoms with Crippen LogP contribution in [0, 0.1) is 0 Å². The molecule has 94 valence electrons. The minimum absolute atomic E-state index is 0.550. The normalized spacial score (nSPS) is 10.4. The van der Waals surface area contributed by atoms with Gasteiger partial charge in [0.1, 0.15) is 11.5 Å². The van der Waals surface area contributed by atoms with Crippen LogP contribution in [-0.2, 0) is 6.42 Å². The number of benzene rings is 1. The van der Waals surface area contributed by atoms with Gasteiger partial charge < -0.3 is 10.5 Å². The molecule has 0 bridgehead atoms. The number of hydrogen-bond acceptors (Lipinski definition) is 3. The van der Waals surface area contributed by atoms with Crippen molar-refractivity contribution in [2.45, 2.75) is 6.42 Å². The molecule has 2 N–H and O–H groups in total. The Morgan fingerprint density at radius 2 is 2.11 bits per heavy atom. The highest BCUT2D eigenvalue weighted by Gasteiger charge is 2.04. The van der Waals surface area contributed by atoms with Crippen LogP contribution in [0.4, 0.5) is 0 Å². The predicted octanol–water partition coefficient (Wildman–Crippen LogP) is 3.79. The number of nitrogens with zero attached hydrogens (tertiary/aromatic N) is 1. The number of aromatic nitrogens is 1. The Balaban J connectivity index is 2.20. The second-order valence-corrected chi connectivity index (χ2v) is 5.07. The first-order valence-electron chi connectivity index (χ1n) is 5.46. The summed E-state index contributed by atoms with van der Waals surface area (Å²) >= 11 is 9.43. The molecule has 0 saturated carbocycles. The molecule has 0 amide bonds. The topological polar surface area (TPSA) is 48.1 Å². The van der Waals surface area contributed by atoms with Crippen molar-refractivity contribution in [3.8, 4) is 11.5 Å². The average Bonchev–Trinajstić information content (AvgIpc) is 2.34. The maximum absolute atomic E-state index is 6.08. The lowest BCUT2D eigenvalue weighted by atomic mass is 10.2. The molecule has 0 aliphatic heterocycles. The van der Waals surface area contributed by atoms with Crippen LogP contribution < -0.4 is 10.5 Å². The fraction of sp³-hybridized carbons (Fsp3) is 0.154. The molecule has 0 aliphatic rings. The lowest BCUT2D eigenvalue weighted by Crippen LogP contribution is -2.03. The average molecular weight is 328 g/mol. The molecular formula is C13H12BrClN2O. The van der Waals surface area contributed by atoms with E-state index < -0.39 is 0 Å². The lowest BCUT2D eigenvalue weighted by molar-refractivity contribution is 0.479. The molecule has 0 radical (unpaired) electrons. The van der Waals surface area contributed by atoms with E-state index in [0.29, 0.717) is 23.1 Å². The zero-order valence-corrected chi connectivity index (χ0v) is 11.9. The molecule has 0 spiro atoms. The fourth-order valence-electron chi connectivity index (χ4n) is 1.51. The highest BCUT2D eigenvalue weighted by molar-refractivity contribution is 9.10. The summed E-state index contributed by atoms with van der Waals surface area (Å²) in [5.74, 6) is 1.26. The van der Waals surface area contributed by atoms with Crippen LogP contribution in [0.25, 0.3) is 0 Å². The second kappa shape index (κ2) is 6.18. The summed E-state index contributed by atoms with van der Waals surface area (Å²) in [7, 11) is 0. The highest BCUT2D eigenvalue weighted by atomic mass is 79.9. The molecule has 0 fully saturated rings. The van der Waals surface area contributed by atoms with E-state index in [-0.39, 0.29) is 0 Å². The van der Waals surface area contributed by atoms with Gasteiger partial charge in [0, 0.05) is 10.7 Å². The van der Waals surface area contributed by atoms with Crippen molar-refractivity contribution in [1.82, 2.24) is 4.98 Å². The quantitative estimate of drug-likeness (QED) is 0.929. The minimum Gasteiger partial charge on any atom is -0.454 e. The highest BCUT2D eigenvalue weighted by Crippen LogP contribution is 2.31. The maximum Gasteiger partial charge on any atom is 0.146 e. The lowest BCUT2D eigenvalue weighted by Gasteiger charge is -2.08. The van der Waals surface area contributed by atoms with E-state index in [0.717, 1.165) is 16.5 Å². The van der Waals surface area contributed by atoms with Gasteiger partial charge in [-0.05, 0) is 42.8 Å². The molecule has 1 heterocycles. The zero-order chi connectivity index (χ0) is 13.0. The molecule has 0 unspecified atom stereocenters. The van der Waals surface area contributed by atoms with Crippen LogP contribution in [0.2, 0.25) is 5.02 Å². The van der Waals surface area contributed by atoms with Crippen LogP contribution in [0.5, 0.6) is 11.5 Å². The molecule has 1 aromatic heterocycles. The standard InChI is InChI=1S/C13H12BrClN2O/c14-10-1-2-13(12(15)6-10)18-11-5-9(3-4-16)7-17-8-11/h1-2,5-8H,3-4,16H2. The summed E-state index contributed by atoms with van der Waals surface area (Å²) < 4.78 is 6.61. The van der Waals surface area contributed by atoms with Crippen LogP contribution in [0.3, 0.4) is 0 Å². The summed E-state index contributed by atoms with van der Waals surface area (Å²) in [4.78, 5) is 4.11. The van der Waals surface area contributed by atoms with Crippen molar-refractivity contribution >= 4 is 27.5 Å². The van der Waals surface area contributed by atoms with Gasteiger partial charge in [0.05, 0.1) is 11.2 Å². The fourth-order valence-corrected chi connectivity index (χ4v) is 2.22. The van der Waals surface area contributed by atoms with Crippen molar-refractivity contribution in [2.75, 3.05) is 6.54 Å². The van der Waals surface area contributed by atoms with Gasteiger partial charge in [0.25, 0.3) is 0 Å². The van der Waals surface area contributed by atoms with Crippen molar-refractivity contribution in [1.29, 1.82) is 0 Å². The maximum atomic E-state index is 6.08. The van der Waals surface area contributed by atoms with Gasteiger partial charge in [-0.25, -0.2) is 0 Å². The number of nitrogens with two attached hydrogens (primary N) is 1. The smallest absolute Gasteiger partial charge is 0.146 e. The summed E-state index contributed by atoms with van der Waals surface area (Å²) in [5.41, 5.74) is 6.55. The van der Waals surface area contributed by atoms with Gasteiger partial charge in [-0.2, -0.15) is 0 Å². The number of rotatable bonds is 4. The molecule has 1 aromatic carbocycles. The Morgan fingerprint density at radius 1 is 1.28 bits per heavy atom. The van der Waals surface area contributed by atoms with Crippen molar-refractivity contribution in [3.63, 3.8) is 0 Å². The molecule has 5 heteroatoms. The zero-order valence-electron chi connectivity index (χ0n) is 9.57. The number of hydrogen-bond donors (Lipinski definition) is 1. The van der Waals surface area contributed by atoms with Crippen LogP contribution in [-0.4, -0.2) is 11.5 Å². The van der Waals surface area contributed by atoms with Crippen molar-refractivity contribution < 1.29 is 4.74 Å². The van der Waals surface area contributed by atoms with Gasteiger partial charge in [-0.15, -0.1) is 0 Å². The van der Waals surface area contributed by atoms with Crippen molar-refractivity contribution in [2.24, 2.45) is 5.73 Å². The number of ether oxygens (including phenoxy) is 1. The monoisotopic (exact) mass is 326 g/mol. The Bertz CT molecular complexity index is 548. The van der Waals surface area contributed by atoms with E-state index in [1.54, 1.807) is 18.5 Å². The summed E-state index contributed by atoms with van der Waals surface area (Å²) in [6.07, 6.45) is 4.21. The first kappa shape index (κ1) is 13.3. The Labute approximate surface area is 119 Å². The Hall–Kier alpha value is -1.10. The number of pyridine rings is 1. The van der Waals surface area contributed by atoms with Gasteiger partial charge >= 0.3 is 0 Å². The second-order valence-electron chi connectivity index (χ2n) is 3.74. The van der Waals surface area contributed by atoms with Gasteiger partial charge in [-0.1, -0.05) is 27.5 Å². The van der Waals surface area contributed by atoms with Crippen LogP contribution in [0.15, 0.2) is 41.1 Å². The van der Waals surface area contributed by atoms with E-state index >= 15 is 0 Å². The van der Waals surface area contributed by atoms with E-state index in [1.807, 2.05) is 18.2 Å². The summed E-state index contributed by atoms with van der Waals surface area (Å²) in [6.45, 7) is 0.587. The first-order valence-corrected chi connectivity index (χ1v) is 6.63. The first-order chi connectivity index (χ1) is 8.69. The molecule has 0 saturated heterocycles. The summed E-state index contributed by atoms with van der Waals surface area (Å²) in [5, 5.41) is 0.550. The third-order valence-corrected chi connectivity index (χ3v) is 3.11.